The van der Waals surface area contributed by atoms with Gasteiger partial charge in [-0.3, -0.25) is 10.1 Å². The predicted octanol–water partition coefficient (Wildman–Crippen LogP) is 7.73. The molecule has 226 valence electrons. The first kappa shape index (κ1) is 29.3. The Morgan fingerprint density at radius 1 is 1.09 bits per heavy atom. The van der Waals surface area contributed by atoms with E-state index in [1.54, 1.807) is 13.0 Å². The quantitative estimate of drug-likeness (QED) is 0.143. The number of hydrogen-bond donors (Lipinski definition) is 3. The average Bonchev–Trinajstić information content (AvgIpc) is 3.63. The minimum atomic E-state index is -4.44. The number of furan rings is 1. The molecule has 2 bridgehead atoms. The van der Waals surface area contributed by atoms with Gasteiger partial charge in [0.25, 0.3) is 5.91 Å². The Morgan fingerprint density at radius 2 is 1.81 bits per heavy atom. The SMILES string of the molecule is CNC(=O)c1c(-c2ccc(F)cc2)oc2cc(CCC(F)(F)F)c(-c3cc(C(O)NC45CCC(C4)C5)c(F)cc3C)cc12. The Morgan fingerprint density at radius 3 is 2.44 bits per heavy atom. The molecule has 3 aliphatic rings. The lowest BCUT2D eigenvalue weighted by Crippen LogP contribution is -2.50. The zero-order valence-electron chi connectivity index (χ0n) is 23.7. The van der Waals surface area contributed by atoms with Gasteiger partial charge in [0.2, 0.25) is 0 Å². The first-order valence-electron chi connectivity index (χ1n) is 14.3. The van der Waals surface area contributed by atoms with Gasteiger partial charge >= 0.3 is 6.18 Å². The summed E-state index contributed by atoms with van der Waals surface area (Å²) in [5.41, 5.74) is 2.02. The van der Waals surface area contributed by atoms with Crippen LogP contribution in [0.1, 0.15) is 65.4 Å². The topological polar surface area (TPSA) is 74.5 Å². The first-order valence-corrected chi connectivity index (χ1v) is 14.3. The molecule has 1 atom stereocenters. The summed E-state index contributed by atoms with van der Waals surface area (Å²) >= 11 is 0. The van der Waals surface area contributed by atoms with Gasteiger partial charge in [-0.25, -0.2) is 8.78 Å². The maximum Gasteiger partial charge on any atom is 0.389 e. The highest BCUT2D eigenvalue weighted by Crippen LogP contribution is 2.52. The van der Waals surface area contributed by atoms with Gasteiger partial charge in [0.05, 0.1) is 5.56 Å². The molecule has 1 aromatic heterocycles. The molecule has 4 aromatic rings. The number of fused-ring (bicyclic) bond motifs is 2. The van der Waals surface area contributed by atoms with Crippen molar-refractivity contribution in [1.29, 1.82) is 0 Å². The van der Waals surface area contributed by atoms with Gasteiger partial charge in [-0.05, 0) is 116 Å². The van der Waals surface area contributed by atoms with E-state index in [2.05, 4.69) is 10.6 Å². The van der Waals surface area contributed by atoms with Crippen LogP contribution < -0.4 is 10.6 Å². The van der Waals surface area contributed by atoms with E-state index in [-0.39, 0.29) is 33.6 Å². The van der Waals surface area contributed by atoms with E-state index in [1.165, 1.54) is 49.5 Å². The monoisotopic (exact) mass is 598 g/mol. The Labute approximate surface area is 245 Å². The highest BCUT2D eigenvalue weighted by atomic mass is 19.4. The molecule has 1 heterocycles. The lowest BCUT2D eigenvalue weighted by atomic mass is 9.77. The van der Waals surface area contributed by atoms with Crippen LogP contribution in [0.25, 0.3) is 33.4 Å². The number of carbonyl (C=O) groups is 1. The molecule has 5 nitrogen and oxygen atoms in total. The Hall–Kier alpha value is -3.76. The van der Waals surface area contributed by atoms with E-state index >= 15 is 4.39 Å². The van der Waals surface area contributed by atoms with Crippen LogP contribution in [0.5, 0.6) is 0 Å². The highest BCUT2D eigenvalue weighted by Gasteiger charge is 2.51. The number of benzene rings is 3. The van der Waals surface area contributed by atoms with Crippen molar-refractivity contribution in [2.24, 2.45) is 5.92 Å². The fourth-order valence-electron chi connectivity index (χ4n) is 6.75. The minimum Gasteiger partial charge on any atom is -0.455 e. The second-order valence-corrected chi connectivity index (χ2v) is 11.8. The molecule has 43 heavy (non-hydrogen) atoms. The molecule has 0 aliphatic heterocycles. The van der Waals surface area contributed by atoms with Gasteiger partial charge < -0.3 is 14.8 Å². The molecular formula is C33H31F5N2O3. The second kappa shape index (κ2) is 10.7. The van der Waals surface area contributed by atoms with Crippen molar-refractivity contribution in [1.82, 2.24) is 10.6 Å². The number of alkyl halides is 3. The molecule has 3 N–H and O–H groups in total. The summed E-state index contributed by atoms with van der Waals surface area (Å²) in [4.78, 5) is 13.1. The Bertz CT molecular complexity index is 1700. The average molecular weight is 599 g/mol. The van der Waals surface area contributed by atoms with Gasteiger partial charge in [-0.15, -0.1) is 0 Å². The normalized spacial score (nSPS) is 20.3. The lowest BCUT2D eigenvalue weighted by Gasteiger charge is -2.41. The van der Waals surface area contributed by atoms with E-state index in [9.17, 15) is 27.5 Å². The van der Waals surface area contributed by atoms with Gasteiger partial charge in [-0.2, -0.15) is 13.2 Å². The van der Waals surface area contributed by atoms with E-state index < -0.39 is 42.8 Å². The van der Waals surface area contributed by atoms with Crippen LogP contribution in [0.2, 0.25) is 0 Å². The number of aryl methyl sites for hydroxylation is 2. The third kappa shape index (κ3) is 5.54. The molecule has 3 saturated carbocycles. The largest absolute Gasteiger partial charge is 0.455 e. The van der Waals surface area contributed by atoms with Crippen LogP contribution in [-0.4, -0.2) is 29.8 Å². The zero-order valence-corrected chi connectivity index (χ0v) is 23.7. The fraction of sp³-hybridized carbons (Fsp3) is 0.364. The number of aliphatic hydroxyl groups is 1. The van der Waals surface area contributed by atoms with Crippen LogP contribution in [0.4, 0.5) is 22.0 Å². The molecule has 3 aromatic carbocycles. The maximum atomic E-state index is 15.3. The summed E-state index contributed by atoms with van der Waals surface area (Å²) < 4.78 is 75.1. The number of hydrogen-bond acceptors (Lipinski definition) is 4. The highest BCUT2D eigenvalue weighted by molar-refractivity contribution is 6.12. The number of rotatable bonds is 8. The number of amides is 1. The molecule has 1 amide bonds. The van der Waals surface area contributed by atoms with Crippen molar-refractivity contribution < 1.29 is 36.3 Å². The fourth-order valence-corrected chi connectivity index (χ4v) is 6.75. The number of halogens is 5. The van der Waals surface area contributed by atoms with Crippen molar-refractivity contribution in [3.8, 4) is 22.5 Å². The van der Waals surface area contributed by atoms with E-state index in [1.807, 2.05) is 0 Å². The third-order valence-corrected chi connectivity index (χ3v) is 8.91. The number of aliphatic hydroxyl groups excluding tert-OH is 1. The summed E-state index contributed by atoms with van der Waals surface area (Å²) in [7, 11) is 1.44. The second-order valence-electron chi connectivity index (χ2n) is 11.8. The van der Waals surface area contributed by atoms with Gasteiger partial charge in [-0.1, -0.05) is 0 Å². The molecule has 3 aliphatic carbocycles. The molecule has 10 heteroatoms. The van der Waals surface area contributed by atoms with Crippen LogP contribution >= 0.6 is 0 Å². The molecule has 3 fully saturated rings. The van der Waals surface area contributed by atoms with Crippen molar-refractivity contribution in [2.75, 3.05) is 7.05 Å². The standard InChI is InChI=1S/C33H31F5N2O3/c1-17-11-26(35)24(30(41)40-32-9-7-18(15-32)16-32)13-22(17)23-14-25-27(12-20(23)8-10-33(36,37)38)43-29(28(25)31(42)39-2)19-3-5-21(34)6-4-19/h3-6,11-14,18,30,40-41H,7-10,15-16H2,1-2H3,(H,39,42). The minimum absolute atomic E-state index is 0.00193. The molecule has 1 unspecified atom stereocenters. The smallest absolute Gasteiger partial charge is 0.389 e. The molecular weight excluding hydrogens is 567 g/mol. The van der Waals surface area contributed by atoms with Crippen LogP contribution in [-0.2, 0) is 6.42 Å². The van der Waals surface area contributed by atoms with E-state index in [0.29, 0.717) is 33.6 Å². The predicted molar refractivity (Wildman–Crippen MR) is 152 cm³/mol. The number of carbonyl (C=O) groups excluding carboxylic acids is 1. The Balaban J connectivity index is 1.51. The van der Waals surface area contributed by atoms with Crippen molar-refractivity contribution in [3.63, 3.8) is 0 Å². The summed E-state index contributed by atoms with van der Waals surface area (Å²) in [6.07, 6.45) is -3.46. The molecule has 0 spiro atoms. The van der Waals surface area contributed by atoms with Crippen molar-refractivity contribution in [3.05, 3.63) is 82.4 Å². The van der Waals surface area contributed by atoms with Crippen molar-refractivity contribution >= 4 is 16.9 Å². The van der Waals surface area contributed by atoms with Crippen molar-refractivity contribution in [2.45, 2.75) is 63.4 Å². The van der Waals surface area contributed by atoms with Gasteiger partial charge in [0, 0.05) is 35.5 Å². The molecule has 7 rings (SSSR count). The zero-order chi connectivity index (χ0) is 30.7. The van der Waals surface area contributed by atoms with E-state index in [0.717, 1.165) is 25.7 Å². The van der Waals surface area contributed by atoms with Crippen LogP contribution in [0, 0.1) is 24.5 Å². The lowest BCUT2D eigenvalue weighted by molar-refractivity contribution is -0.133. The van der Waals surface area contributed by atoms with Crippen LogP contribution in [0.3, 0.4) is 0 Å². The summed E-state index contributed by atoms with van der Waals surface area (Å²) in [5.74, 6) is -0.860. The first-order chi connectivity index (χ1) is 20.4. The molecule has 0 saturated heterocycles. The molecule has 0 radical (unpaired) electrons. The Kier molecular flexibility index (Phi) is 7.33. The van der Waals surface area contributed by atoms with Gasteiger partial charge in [0.15, 0.2) is 0 Å². The maximum absolute atomic E-state index is 15.3. The summed E-state index contributed by atoms with van der Waals surface area (Å²) in [6.45, 7) is 1.64. The summed E-state index contributed by atoms with van der Waals surface area (Å²) in [5, 5.41) is 17.2. The summed E-state index contributed by atoms with van der Waals surface area (Å²) in [6, 6.07) is 11.1. The van der Waals surface area contributed by atoms with E-state index in [4.69, 9.17) is 4.42 Å². The van der Waals surface area contributed by atoms with Crippen LogP contribution in [0.15, 0.2) is 52.9 Å². The number of nitrogens with one attached hydrogen (secondary N) is 2. The van der Waals surface area contributed by atoms with Gasteiger partial charge in [0.1, 0.15) is 29.2 Å². The third-order valence-electron chi connectivity index (χ3n) is 8.91.